The maximum Gasteiger partial charge on any atom is 0.255 e. The van der Waals surface area contributed by atoms with E-state index in [2.05, 4.69) is 17.9 Å². The van der Waals surface area contributed by atoms with Gasteiger partial charge in [0.25, 0.3) is 5.91 Å². The van der Waals surface area contributed by atoms with Crippen LogP contribution in [0.2, 0.25) is 0 Å². The van der Waals surface area contributed by atoms with Crippen LogP contribution >= 0.6 is 12.6 Å². The van der Waals surface area contributed by atoms with Crippen LogP contribution in [0.5, 0.6) is 11.5 Å². The molecule has 0 bridgehead atoms. The topological polar surface area (TPSA) is 88.2 Å². The monoisotopic (exact) mass is 439 g/mol. The minimum atomic E-state index is -0.246. The molecule has 32 heavy (non-hydrogen) atoms. The van der Waals surface area contributed by atoms with Gasteiger partial charge in [0.2, 0.25) is 0 Å². The van der Waals surface area contributed by atoms with Crippen LogP contribution in [0.3, 0.4) is 0 Å². The number of amides is 1. The van der Waals surface area contributed by atoms with Crippen molar-refractivity contribution in [3.63, 3.8) is 0 Å². The number of carbonyl (C=O) groups is 1. The van der Waals surface area contributed by atoms with Crippen LogP contribution < -0.4 is 15.8 Å². The third-order valence-corrected chi connectivity index (χ3v) is 5.26. The Bertz CT molecular complexity index is 1290. The summed E-state index contributed by atoms with van der Waals surface area (Å²) in [6, 6.07) is 29.3. The van der Waals surface area contributed by atoms with Crippen LogP contribution in [0.1, 0.15) is 15.9 Å². The number of nitrogens with one attached hydrogen (secondary N) is 2. The Morgan fingerprint density at radius 3 is 2.31 bits per heavy atom. The van der Waals surface area contributed by atoms with E-state index in [-0.39, 0.29) is 11.7 Å². The van der Waals surface area contributed by atoms with Crippen LogP contribution in [0.4, 0.5) is 5.69 Å². The van der Waals surface area contributed by atoms with Gasteiger partial charge >= 0.3 is 0 Å². The molecule has 0 fully saturated rings. The first-order valence-electron chi connectivity index (χ1n) is 9.92. The highest BCUT2D eigenvalue weighted by atomic mass is 32.1. The molecule has 6 heteroatoms. The number of ether oxygens (including phenoxy) is 1. The molecule has 158 valence electrons. The highest BCUT2D eigenvalue weighted by Gasteiger charge is 2.12. The molecule has 0 radical (unpaired) electrons. The van der Waals surface area contributed by atoms with Crippen LogP contribution in [-0.2, 0) is 0 Å². The first kappa shape index (κ1) is 21.2. The number of amidine groups is 1. The molecule has 4 N–H and O–H groups in total. The summed E-state index contributed by atoms with van der Waals surface area (Å²) < 4.78 is 5.95. The van der Waals surface area contributed by atoms with Gasteiger partial charge < -0.3 is 15.8 Å². The average molecular weight is 440 g/mol. The average Bonchev–Trinajstić information content (AvgIpc) is 2.81. The number of nitrogen functional groups attached to an aromatic ring is 1. The second-order valence-corrected chi connectivity index (χ2v) is 7.57. The van der Waals surface area contributed by atoms with E-state index in [0.29, 0.717) is 28.3 Å². The Labute approximate surface area is 191 Å². The summed E-state index contributed by atoms with van der Waals surface area (Å²) in [6.07, 6.45) is 0. The van der Waals surface area contributed by atoms with Crippen molar-refractivity contribution in [2.45, 2.75) is 4.90 Å². The van der Waals surface area contributed by atoms with E-state index < -0.39 is 0 Å². The normalized spacial score (nSPS) is 10.4. The number of benzene rings is 4. The highest BCUT2D eigenvalue weighted by Crippen LogP contribution is 2.31. The number of hydrogen-bond acceptors (Lipinski definition) is 4. The number of anilines is 1. The molecule has 0 aliphatic carbocycles. The molecule has 0 spiro atoms. The molecule has 0 aliphatic rings. The van der Waals surface area contributed by atoms with Gasteiger partial charge in [-0.3, -0.25) is 10.2 Å². The third kappa shape index (κ3) is 4.82. The standard InChI is InChI=1S/C26H21N3O2S/c27-25(28)19-6-5-7-20(16-19)31-23-10-3-2-9-22(23)29-26(30)18-14-12-17(13-15-18)21-8-1-4-11-24(21)32/h1-16,32H,(H3,27,28)(H,29,30). The lowest BCUT2D eigenvalue weighted by Gasteiger charge is -2.13. The minimum absolute atomic E-state index is 0.0407. The number of thiol groups is 1. The van der Waals surface area contributed by atoms with Crippen molar-refractivity contribution in [2.75, 3.05) is 5.32 Å². The van der Waals surface area contributed by atoms with E-state index in [9.17, 15) is 4.79 Å². The predicted octanol–water partition coefficient (Wildman–Crippen LogP) is 5.97. The summed E-state index contributed by atoms with van der Waals surface area (Å²) in [5.74, 6) is 0.724. The first-order valence-corrected chi connectivity index (χ1v) is 10.4. The summed E-state index contributed by atoms with van der Waals surface area (Å²) in [6.45, 7) is 0. The molecule has 0 aliphatic heterocycles. The van der Waals surface area contributed by atoms with Gasteiger partial charge in [-0.25, -0.2) is 0 Å². The van der Waals surface area contributed by atoms with Gasteiger partial charge in [-0.2, -0.15) is 0 Å². The largest absolute Gasteiger partial charge is 0.455 e. The zero-order chi connectivity index (χ0) is 22.5. The van der Waals surface area contributed by atoms with Crippen molar-refractivity contribution in [2.24, 2.45) is 5.73 Å². The third-order valence-electron chi connectivity index (χ3n) is 4.87. The Morgan fingerprint density at radius 2 is 1.56 bits per heavy atom. The summed E-state index contributed by atoms with van der Waals surface area (Å²) in [5, 5.41) is 10.5. The summed E-state index contributed by atoms with van der Waals surface area (Å²) in [4.78, 5) is 13.7. The van der Waals surface area contributed by atoms with E-state index >= 15 is 0 Å². The number of hydrogen-bond donors (Lipinski definition) is 4. The van der Waals surface area contributed by atoms with Crippen molar-refractivity contribution in [3.8, 4) is 22.6 Å². The fourth-order valence-electron chi connectivity index (χ4n) is 3.23. The first-order chi connectivity index (χ1) is 15.5. The molecule has 0 heterocycles. The SMILES string of the molecule is N=C(N)c1cccc(Oc2ccccc2NC(=O)c2ccc(-c3ccccc3S)cc2)c1. The van der Waals surface area contributed by atoms with Crippen molar-refractivity contribution in [3.05, 3.63) is 108 Å². The molecular formula is C26H21N3O2S. The van der Waals surface area contributed by atoms with E-state index in [1.807, 2.05) is 48.5 Å². The second kappa shape index (κ2) is 9.41. The molecule has 4 aromatic carbocycles. The van der Waals surface area contributed by atoms with E-state index in [1.165, 1.54) is 0 Å². The smallest absolute Gasteiger partial charge is 0.255 e. The number of nitrogens with two attached hydrogens (primary N) is 1. The molecule has 0 saturated carbocycles. The van der Waals surface area contributed by atoms with Crippen molar-refractivity contribution >= 4 is 30.1 Å². The molecule has 0 unspecified atom stereocenters. The fraction of sp³-hybridized carbons (Fsp3) is 0. The van der Waals surface area contributed by atoms with Gasteiger partial charge in [0.1, 0.15) is 11.6 Å². The van der Waals surface area contributed by atoms with Crippen LogP contribution in [0.15, 0.2) is 102 Å². The number of para-hydroxylation sites is 2. The Kier molecular flexibility index (Phi) is 6.24. The zero-order valence-electron chi connectivity index (χ0n) is 17.1. The van der Waals surface area contributed by atoms with Crippen molar-refractivity contribution in [1.29, 1.82) is 5.41 Å². The molecule has 0 aromatic heterocycles. The Hall–Kier alpha value is -4.03. The molecule has 0 atom stereocenters. The lowest BCUT2D eigenvalue weighted by Crippen LogP contribution is -2.12. The molecule has 5 nitrogen and oxygen atoms in total. The van der Waals surface area contributed by atoms with Gasteiger partial charge in [-0.05, 0) is 53.6 Å². The van der Waals surface area contributed by atoms with Gasteiger partial charge in [0.05, 0.1) is 5.69 Å². The lowest BCUT2D eigenvalue weighted by molar-refractivity contribution is 0.102. The fourth-order valence-corrected chi connectivity index (χ4v) is 3.52. The summed E-state index contributed by atoms with van der Waals surface area (Å²) in [7, 11) is 0. The maximum absolute atomic E-state index is 12.9. The Morgan fingerprint density at radius 1 is 0.844 bits per heavy atom. The molecule has 4 rings (SSSR count). The second-order valence-electron chi connectivity index (χ2n) is 7.09. The summed E-state index contributed by atoms with van der Waals surface area (Å²) >= 11 is 4.50. The van der Waals surface area contributed by atoms with Crippen molar-refractivity contribution < 1.29 is 9.53 Å². The van der Waals surface area contributed by atoms with Gasteiger partial charge in [-0.1, -0.05) is 54.6 Å². The zero-order valence-corrected chi connectivity index (χ0v) is 18.0. The van der Waals surface area contributed by atoms with E-state index in [0.717, 1.165) is 16.0 Å². The van der Waals surface area contributed by atoms with Gasteiger partial charge in [-0.15, -0.1) is 12.6 Å². The molecule has 1 amide bonds. The van der Waals surface area contributed by atoms with Crippen LogP contribution in [0, 0.1) is 5.41 Å². The van der Waals surface area contributed by atoms with Crippen LogP contribution in [0.25, 0.3) is 11.1 Å². The number of carbonyl (C=O) groups excluding carboxylic acids is 1. The van der Waals surface area contributed by atoms with Crippen LogP contribution in [-0.4, -0.2) is 11.7 Å². The highest BCUT2D eigenvalue weighted by molar-refractivity contribution is 7.80. The molecular weight excluding hydrogens is 418 g/mol. The van der Waals surface area contributed by atoms with Gasteiger partial charge in [0, 0.05) is 16.0 Å². The van der Waals surface area contributed by atoms with E-state index in [1.54, 1.807) is 48.5 Å². The predicted molar refractivity (Wildman–Crippen MR) is 131 cm³/mol. The maximum atomic E-state index is 12.9. The summed E-state index contributed by atoms with van der Waals surface area (Å²) in [5.41, 5.74) is 9.18. The van der Waals surface area contributed by atoms with E-state index in [4.69, 9.17) is 15.9 Å². The Balaban J connectivity index is 1.52. The lowest BCUT2D eigenvalue weighted by atomic mass is 10.0. The van der Waals surface area contributed by atoms with Gasteiger partial charge in [0.15, 0.2) is 5.75 Å². The quantitative estimate of drug-likeness (QED) is 0.169. The molecule has 4 aromatic rings. The van der Waals surface area contributed by atoms with Crippen molar-refractivity contribution in [1.82, 2.24) is 0 Å². The minimum Gasteiger partial charge on any atom is -0.455 e. The molecule has 0 saturated heterocycles. The number of rotatable bonds is 6.